The molecule has 2 aromatic rings. The second kappa shape index (κ2) is 6.45. The quantitative estimate of drug-likeness (QED) is 0.774. The fraction of sp³-hybridized carbons (Fsp3) is 0.588. The molecule has 10 heteroatoms. The van der Waals surface area contributed by atoms with Crippen LogP contribution in [0.1, 0.15) is 52.2 Å². The van der Waals surface area contributed by atoms with Gasteiger partial charge in [-0.1, -0.05) is 0 Å². The van der Waals surface area contributed by atoms with Crippen molar-refractivity contribution in [3.05, 3.63) is 29.6 Å². The zero-order chi connectivity index (χ0) is 18.4. The first-order valence-corrected chi connectivity index (χ1v) is 9.47. The average molecular weight is 370 g/mol. The SMILES string of the molecule is O=C(NC1CCC1)c1nnc2n1CCN1CCN(C(=O)c3ccn[nH]3)CC21. The molecule has 1 unspecified atom stereocenters. The van der Waals surface area contributed by atoms with Crippen molar-refractivity contribution in [3.8, 4) is 0 Å². The molecule has 2 aromatic heterocycles. The van der Waals surface area contributed by atoms with Crippen LogP contribution in [0.15, 0.2) is 12.3 Å². The van der Waals surface area contributed by atoms with Gasteiger partial charge in [-0.2, -0.15) is 5.10 Å². The number of nitrogens with zero attached hydrogens (tertiary/aromatic N) is 6. The van der Waals surface area contributed by atoms with Crippen LogP contribution >= 0.6 is 0 Å². The summed E-state index contributed by atoms with van der Waals surface area (Å²) in [5.41, 5.74) is 0.487. The Morgan fingerprint density at radius 3 is 2.74 bits per heavy atom. The second-order valence-corrected chi connectivity index (χ2v) is 7.41. The maximum atomic E-state index is 12.7. The molecule has 1 saturated carbocycles. The molecule has 1 saturated heterocycles. The molecule has 0 aromatic carbocycles. The van der Waals surface area contributed by atoms with E-state index >= 15 is 0 Å². The normalized spacial score (nSPS) is 22.7. The van der Waals surface area contributed by atoms with Gasteiger partial charge in [0.15, 0.2) is 5.82 Å². The molecule has 2 aliphatic heterocycles. The van der Waals surface area contributed by atoms with Crippen LogP contribution in [-0.2, 0) is 6.54 Å². The first-order valence-electron chi connectivity index (χ1n) is 9.47. The number of amides is 2. The Bertz CT molecular complexity index is 856. The third-order valence-corrected chi connectivity index (χ3v) is 5.84. The van der Waals surface area contributed by atoms with Crippen LogP contribution in [0.4, 0.5) is 0 Å². The highest BCUT2D eigenvalue weighted by Crippen LogP contribution is 2.29. The molecule has 3 aliphatic rings. The molecule has 27 heavy (non-hydrogen) atoms. The van der Waals surface area contributed by atoms with Gasteiger partial charge in [0, 0.05) is 45.0 Å². The zero-order valence-corrected chi connectivity index (χ0v) is 15.0. The van der Waals surface area contributed by atoms with Crippen LogP contribution in [-0.4, -0.2) is 78.8 Å². The monoisotopic (exact) mass is 370 g/mol. The van der Waals surface area contributed by atoms with Crippen LogP contribution in [0.25, 0.3) is 0 Å². The van der Waals surface area contributed by atoms with Crippen molar-refractivity contribution in [2.75, 3.05) is 26.2 Å². The summed E-state index contributed by atoms with van der Waals surface area (Å²) in [6, 6.07) is 1.90. The number of aromatic amines is 1. The summed E-state index contributed by atoms with van der Waals surface area (Å²) < 4.78 is 1.92. The minimum Gasteiger partial charge on any atom is -0.347 e. The van der Waals surface area contributed by atoms with Crippen molar-refractivity contribution < 1.29 is 9.59 Å². The third kappa shape index (κ3) is 2.80. The third-order valence-electron chi connectivity index (χ3n) is 5.84. The molecule has 2 amide bonds. The van der Waals surface area contributed by atoms with E-state index in [0.29, 0.717) is 31.2 Å². The van der Waals surface area contributed by atoms with Crippen LogP contribution in [0.3, 0.4) is 0 Å². The van der Waals surface area contributed by atoms with Gasteiger partial charge >= 0.3 is 0 Å². The largest absolute Gasteiger partial charge is 0.347 e. The Morgan fingerprint density at radius 2 is 2.00 bits per heavy atom. The molecule has 1 aliphatic carbocycles. The summed E-state index contributed by atoms with van der Waals surface area (Å²) in [6.07, 6.45) is 4.81. The summed E-state index contributed by atoms with van der Waals surface area (Å²) >= 11 is 0. The van der Waals surface area contributed by atoms with Gasteiger partial charge in [-0.25, -0.2) is 0 Å². The number of fused-ring (bicyclic) bond motifs is 3. The molecule has 0 bridgehead atoms. The Kier molecular flexibility index (Phi) is 3.92. The minimum absolute atomic E-state index is 0.0443. The number of hydrogen-bond donors (Lipinski definition) is 2. The smallest absolute Gasteiger partial charge is 0.289 e. The van der Waals surface area contributed by atoms with E-state index < -0.39 is 0 Å². The maximum Gasteiger partial charge on any atom is 0.289 e. The molecular weight excluding hydrogens is 348 g/mol. The van der Waals surface area contributed by atoms with Crippen LogP contribution in [0.2, 0.25) is 0 Å². The Labute approximate surface area is 155 Å². The van der Waals surface area contributed by atoms with Crippen molar-refractivity contribution in [1.29, 1.82) is 0 Å². The predicted molar refractivity (Wildman–Crippen MR) is 93.9 cm³/mol. The van der Waals surface area contributed by atoms with Crippen molar-refractivity contribution in [1.82, 2.24) is 40.1 Å². The summed E-state index contributed by atoms with van der Waals surface area (Å²) in [5.74, 6) is 0.940. The predicted octanol–water partition coefficient (Wildman–Crippen LogP) is -0.204. The summed E-state index contributed by atoms with van der Waals surface area (Å²) in [4.78, 5) is 29.3. The molecule has 142 valence electrons. The number of piperazine rings is 1. The molecule has 2 fully saturated rings. The molecule has 2 N–H and O–H groups in total. The van der Waals surface area contributed by atoms with Crippen LogP contribution in [0.5, 0.6) is 0 Å². The lowest BCUT2D eigenvalue weighted by molar-refractivity contribution is 0.0368. The van der Waals surface area contributed by atoms with Crippen LogP contribution in [0, 0.1) is 0 Å². The molecule has 0 radical (unpaired) electrons. The number of hydrogen-bond acceptors (Lipinski definition) is 6. The van der Waals surface area contributed by atoms with E-state index in [9.17, 15) is 9.59 Å². The zero-order valence-electron chi connectivity index (χ0n) is 15.0. The molecule has 4 heterocycles. The minimum atomic E-state index is -0.145. The van der Waals surface area contributed by atoms with Gasteiger partial charge in [0.25, 0.3) is 11.8 Å². The number of carbonyl (C=O) groups is 2. The Balaban J connectivity index is 1.36. The van der Waals surface area contributed by atoms with Crippen molar-refractivity contribution in [2.24, 2.45) is 0 Å². The standard InChI is InChI=1S/C17H22N8O2/c26-16(19-11-2-1-3-11)15-22-21-14-13-10-24(17(27)12-4-5-18-20-12)7-6-23(13)8-9-25(14)15/h4-5,11,13H,1-3,6-10H2,(H,18,20)(H,19,26). The van der Waals surface area contributed by atoms with E-state index in [2.05, 4.69) is 30.6 Å². The number of rotatable bonds is 3. The van der Waals surface area contributed by atoms with E-state index in [-0.39, 0.29) is 23.9 Å². The molecular formula is C17H22N8O2. The average Bonchev–Trinajstić information content (AvgIpc) is 3.33. The highest BCUT2D eigenvalue weighted by molar-refractivity contribution is 5.92. The van der Waals surface area contributed by atoms with Crippen molar-refractivity contribution in [2.45, 2.75) is 37.9 Å². The van der Waals surface area contributed by atoms with E-state index in [0.717, 1.165) is 31.8 Å². The fourth-order valence-electron chi connectivity index (χ4n) is 4.04. The maximum absolute atomic E-state index is 12.7. The van der Waals surface area contributed by atoms with Gasteiger partial charge in [-0.05, 0) is 25.3 Å². The lowest BCUT2D eigenvalue weighted by atomic mass is 9.93. The first kappa shape index (κ1) is 16.4. The number of aromatic nitrogens is 5. The van der Waals surface area contributed by atoms with E-state index in [1.807, 2.05) is 9.47 Å². The Morgan fingerprint density at radius 1 is 1.15 bits per heavy atom. The van der Waals surface area contributed by atoms with Gasteiger partial charge < -0.3 is 14.8 Å². The topological polar surface area (TPSA) is 112 Å². The fourth-order valence-corrected chi connectivity index (χ4v) is 4.04. The van der Waals surface area contributed by atoms with E-state index in [1.165, 1.54) is 6.42 Å². The highest BCUT2D eigenvalue weighted by atomic mass is 16.2. The van der Waals surface area contributed by atoms with Gasteiger partial charge in [-0.15, -0.1) is 10.2 Å². The molecule has 0 spiro atoms. The first-order chi connectivity index (χ1) is 13.2. The summed E-state index contributed by atoms with van der Waals surface area (Å²) in [7, 11) is 0. The lowest BCUT2D eigenvalue weighted by Gasteiger charge is -2.43. The number of H-pyrrole nitrogens is 1. The summed E-state index contributed by atoms with van der Waals surface area (Å²) in [6.45, 7) is 3.49. The van der Waals surface area contributed by atoms with E-state index in [1.54, 1.807) is 12.3 Å². The summed E-state index contributed by atoms with van der Waals surface area (Å²) in [5, 5.41) is 18.1. The van der Waals surface area contributed by atoms with Gasteiger partial charge in [-0.3, -0.25) is 19.6 Å². The molecule has 5 rings (SSSR count). The van der Waals surface area contributed by atoms with Gasteiger partial charge in [0.05, 0.1) is 6.04 Å². The lowest BCUT2D eigenvalue weighted by Crippen LogP contribution is -2.54. The van der Waals surface area contributed by atoms with Gasteiger partial charge in [0.1, 0.15) is 5.69 Å². The number of nitrogens with one attached hydrogen (secondary N) is 2. The van der Waals surface area contributed by atoms with Gasteiger partial charge in [0.2, 0.25) is 5.82 Å². The Hall–Kier alpha value is -2.75. The molecule has 10 nitrogen and oxygen atoms in total. The molecule has 1 atom stereocenters. The van der Waals surface area contributed by atoms with Crippen molar-refractivity contribution in [3.63, 3.8) is 0 Å². The van der Waals surface area contributed by atoms with E-state index in [4.69, 9.17) is 0 Å². The van der Waals surface area contributed by atoms with Crippen molar-refractivity contribution >= 4 is 11.8 Å². The second-order valence-electron chi connectivity index (χ2n) is 7.41. The number of carbonyl (C=O) groups excluding carboxylic acids is 2. The van der Waals surface area contributed by atoms with Crippen LogP contribution < -0.4 is 5.32 Å². The highest BCUT2D eigenvalue weighted by Gasteiger charge is 2.38.